The van der Waals surface area contributed by atoms with Gasteiger partial charge in [0, 0.05) is 19.3 Å². The van der Waals surface area contributed by atoms with E-state index in [2.05, 4.69) is 106 Å². The Labute approximate surface area is 420 Å². The third-order valence-electron chi connectivity index (χ3n) is 12.1. The maximum absolute atomic E-state index is 12.9. The second-order valence-electron chi connectivity index (χ2n) is 18.8. The Hall–Kier alpha value is -3.41. The topological polar surface area (TPSA) is 78.9 Å². The summed E-state index contributed by atoms with van der Waals surface area (Å²) in [6.45, 7) is 6.46. The van der Waals surface area contributed by atoms with Gasteiger partial charge in [-0.1, -0.05) is 247 Å². The number of rotatable bonds is 51. The highest BCUT2D eigenvalue weighted by Crippen LogP contribution is 2.16. The molecule has 0 fully saturated rings. The zero-order valence-electron chi connectivity index (χ0n) is 44.6. The molecule has 68 heavy (non-hydrogen) atoms. The molecule has 0 aliphatic carbocycles. The van der Waals surface area contributed by atoms with Gasteiger partial charge in [-0.25, -0.2) is 0 Å². The van der Waals surface area contributed by atoms with Crippen LogP contribution in [0.5, 0.6) is 0 Å². The minimum Gasteiger partial charge on any atom is -0.462 e. The molecule has 0 aliphatic heterocycles. The Kier molecular flexibility index (Phi) is 53.4. The van der Waals surface area contributed by atoms with E-state index in [1.807, 2.05) is 0 Å². The van der Waals surface area contributed by atoms with E-state index >= 15 is 0 Å². The van der Waals surface area contributed by atoms with Gasteiger partial charge < -0.3 is 14.2 Å². The average molecular weight is 948 g/mol. The lowest BCUT2D eigenvalue weighted by Gasteiger charge is -2.18. The first-order valence-corrected chi connectivity index (χ1v) is 28.6. The molecule has 0 unspecified atom stereocenters. The van der Waals surface area contributed by atoms with E-state index in [9.17, 15) is 14.4 Å². The minimum absolute atomic E-state index is 0.0956. The molecule has 0 amide bonds. The highest BCUT2D eigenvalue weighted by Gasteiger charge is 2.19. The lowest BCUT2D eigenvalue weighted by atomic mass is 10.0. The van der Waals surface area contributed by atoms with Crippen LogP contribution in [0.1, 0.15) is 271 Å². The quantitative estimate of drug-likeness (QED) is 0.0262. The van der Waals surface area contributed by atoms with Crippen LogP contribution in [0.2, 0.25) is 0 Å². The van der Waals surface area contributed by atoms with Gasteiger partial charge in [0.25, 0.3) is 0 Å². The molecule has 390 valence electrons. The monoisotopic (exact) mass is 947 g/mol. The van der Waals surface area contributed by atoms with Crippen LogP contribution in [-0.4, -0.2) is 37.2 Å². The molecule has 0 spiro atoms. The number of carbonyl (C=O) groups excluding carboxylic acids is 3. The summed E-state index contributed by atoms with van der Waals surface area (Å²) in [5.74, 6) is -0.957. The van der Waals surface area contributed by atoms with Gasteiger partial charge in [-0.2, -0.15) is 0 Å². The summed E-state index contributed by atoms with van der Waals surface area (Å²) in [5.41, 5.74) is 0. The Morgan fingerprint density at radius 1 is 0.309 bits per heavy atom. The van der Waals surface area contributed by atoms with E-state index in [0.717, 1.165) is 89.9 Å². The summed E-state index contributed by atoms with van der Waals surface area (Å²) in [6, 6.07) is 0. The molecule has 6 nitrogen and oxygen atoms in total. The third kappa shape index (κ3) is 53.5. The van der Waals surface area contributed by atoms with Crippen molar-refractivity contribution in [1.82, 2.24) is 0 Å². The molecule has 0 aliphatic rings. The maximum atomic E-state index is 12.9. The van der Waals surface area contributed by atoms with Gasteiger partial charge >= 0.3 is 17.9 Å². The molecule has 0 aromatic carbocycles. The molecular weight excluding hydrogens is 841 g/mol. The molecule has 0 rings (SSSR count). The lowest BCUT2D eigenvalue weighted by molar-refractivity contribution is -0.167. The van der Waals surface area contributed by atoms with Gasteiger partial charge in [-0.15, -0.1) is 0 Å². The van der Waals surface area contributed by atoms with Crippen LogP contribution in [0.4, 0.5) is 0 Å². The van der Waals surface area contributed by atoms with Gasteiger partial charge in [0.15, 0.2) is 6.10 Å². The van der Waals surface area contributed by atoms with Crippen LogP contribution >= 0.6 is 0 Å². The summed E-state index contributed by atoms with van der Waals surface area (Å²) in [6.07, 6.45) is 72.9. The molecule has 0 heterocycles. The summed E-state index contributed by atoms with van der Waals surface area (Å²) in [5, 5.41) is 0. The van der Waals surface area contributed by atoms with Crippen molar-refractivity contribution >= 4 is 17.9 Å². The smallest absolute Gasteiger partial charge is 0.306 e. The van der Waals surface area contributed by atoms with Crippen molar-refractivity contribution in [3.05, 3.63) is 85.1 Å². The van der Waals surface area contributed by atoms with E-state index < -0.39 is 6.10 Å². The highest BCUT2D eigenvalue weighted by atomic mass is 16.6. The standard InChI is InChI=1S/C62H106O6/c1-4-7-10-13-16-19-22-25-28-31-34-37-40-43-46-49-52-55-61(64)67-58-59(57-66-60(63)54-51-48-45-42-39-36-33-30-27-24-21-18-15-12-9-6-3)68-62(65)56-53-50-47-44-41-38-35-32-29-26-23-20-17-14-11-8-5-2/h7,10,16-17,19-20,25-26,28-29,34,37,43,46,59H,4-6,8-9,11-15,18,21-24,27,30-33,35-36,38-42,44-45,47-58H2,1-3H3/b10-7+,19-16+,20-17+,28-25+,29-26+,37-34+,46-43+/t59-/m1/s1. The second kappa shape index (κ2) is 56.2. The largest absolute Gasteiger partial charge is 0.462 e. The van der Waals surface area contributed by atoms with Gasteiger partial charge in [-0.3, -0.25) is 14.4 Å². The molecule has 0 saturated heterocycles. The fraction of sp³-hybridized carbons (Fsp3) is 0.726. The van der Waals surface area contributed by atoms with E-state index in [-0.39, 0.29) is 37.5 Å². The summed E-state index contributed by atoms with van der Waals surface area (Å²) >= 11 is 0. The van der Waals surface area contributed by atoms with Crippen LogP contribution in [0.3, 0.4) is 0 Å². The first-order chi connectivity index (χ1) is 33.5. The van der Waals surface area contributed by atoms with Crippen molar-refractivity contribution in [3.8, 4) is 0 Å². The number of allylic oxidation sites excluding steroid dienone is 14. The summed E-state index contributed by atoms with van der Waals surface area (Å²) in [4.78, 5) is 38.1. The van der Waals surface area contributed by atoms with Crippen molar-refractivity contribution in [2.75, 3.05) is 13.2 Å². The lowest BCUT2D eigenvalue weighted by Crippen LogP contribution is -2.30. The number of carbonyl (C=O) groups is 3. The fourth-order valence-electron chi connectivity index (χ4n) is 7.86. The first kappa shape index (κ1) is 64.6. The van der Waals surface area contributed by atoms with Crippen molar-refractivity contribution < 1.29 is 28.6 Å². The fourth-order valence-corrected chi connectivity index (χ4v) is 7.86. The van der Waals surface area contributed by atoms with Crippen molar-refractivity contribution in [3.63, 3.8) is 0 Å². The van der Waals surface area contributed by atoms with E-state index in [0.29, 0.717) is 19.3 Å². The van der Waals surface area contributed by atoms with Crippen molar-refractivity contribution in [1.29, 1.82) is 0 Å². The van der Waals surface area contributed by atoms with E-state index in [1.54, 1.807) is 0 Å². The van der Waals surface area contributed by atoms with Crippen LogP contribution in [0, 0.1) is 0 Å². The molecule has 0 aromatic rings. The normalized spacial score (nSPS) is 12.7. The molecule has 0 N–H and O–H groups in total. The Morgan fingerprint density at radius 2 is 0.588 bits per heavy atom. The van der Waals surface area contributed by atoms with Gasteiger partial charge in [-0.05, 0) is 89.9 Å². The van der Waals surface area contributed by atoms with Gasteiger partial charge in [0.05, 0.1) is 0 Å². The number of esters is 3. The third-order valence-corrected chi connectivity index (χ3v) is 12.1. The van der Waals surface area contributed by atoms with Gasteiger partial charge in [0.2, 0.25) is 0 Å². The second-order valence-corrected chi connectivity index (χ2v) is 18.8. The molecule has 0 saturated carbocycles. The molecule has 6 heteroatoms. The predicted molar refractivity (Wildman–Crippen MR) is 293 cm³/mol. The van der Waals surface area contributed by atoms with Gasteiger partial charge in [0.1, 0.15) is 13.2 Å². The SMILES string of the molecule is CC/C=C/C/C=C/C/C=C/C/C=C/C/C=C/CCCC(=O)OC[C@@H](COC(=O)CCCCCCCCCCCCCCCCCC)OC(=O)CCCCCCCCC/C=C/C/C=C/CCCCC. The molecule has 0 radical (unpaired) electrons. The van der Waals surface area contributed by atoms with E-state index in [4.69, 9.17) is 14.2 Å². The Balaban J connectivity index is 4.47. The zero-order chi connectivity index (χ0) is 49.3. The minimum atomic E-state index is -0.803. The predicted octanol–water partition coefficient (Wildman–Crippen LogP) is 19.2. The summed E-state index contributed by atoms with van der Waals surface area (Å²) in [7, 11) is 0. The zero-order valence-corrected chi connectivity index (χ0v) is 44.6. The van der Waals surface area contributed by atoms with Crippen LogP contribution in [-0.2, 0) is 28.6 Å². The molecular formula is C62H106O6. The Morgan fingerprint density at radius 3 is 0.985 bits per heavy atom. The Bertz CT molecular complexity index is 1320. The van der Waals surface area contributed by atoms with E-state index in [1.165, 1.54) is 135 Å². The first-order valence-electron chi connectivity index (χ1n) is 28.6. The molecule has 0 aromatic heterocycles. The van der Waals surface area contributed by atoms with Crippen molar-refractivity contribution in [2.24, 2.45) is 0 Å². The van der Waals surface area contributed by atoms with Crippen LogP contribution in [0.15, 0.2) is 85.1 Å². The highest BCUT2D eigenvalue weighted by molar-refractivity contribution is 5.71. The number of hydrogen-bond acceptors (Lipinski definition) is 6. The number of hydrogen-bond donors (Lipinski definition) is 0. The number of ether oxygens (including phenoxy) is 3. The maximum Gasteiger partial charge on any atom is 0.306 e. The molecule has 1 atom stereocenters. The average Bonchev–Trinajstić information content (AvgIpc) is 3.34. The number of unbranched alkanes of at least 4 members (excludes halogenated alkanes) is 26. The summed E-state index contributed by atoms with van der Waals surface area (Å²) < 4.78 is 16.8. The van der Waals surface area contributed by atoms with Crippen molar-refractivity contribution in [2.45, 2.75) is 277 Å². The van der Waals surface area contributed by atoms with Crippen LogP contribution < -0.4 is 0 Å². The van der Waals surface area contributed by atoms with Crippen LogP contribution in [0.25, 0.3) is 0 Å². The molecule has 0 bridgehead atoms.